The third-order valence-corrected chi connectivity index (χ3v) is 5.46. The van der Waals surface area contributed by atoms with Crippen LogP contribution in [0.2, 0.25) is 0 Å². The summed E-state index contributed by atoms with van der Waals surface area (Å²) in [6, 6.07) is 12.7. The van der Waals surface area contributed by atoms with Crippen LogP contribution >= 0.6 is 15.9 Å². The van der Waals surface area contributed by atoms with Gasteiger partial charge in [-0.15, -0.1) is 0 Å². The molecule has 0 heterocycles. The summed E-state index contributed by atoms with van der Waals surface area (Å²) in [5.41, 5.74) is 1.17. The summed E-state index contributed by atoms with van der Waals surface area (Å²) in [6.45, 7) is 3.75. The molecular formula is C17H18BrNO4S. The largest absolute Gasteiger partial charge is 0.462 e. The zero-order chi connectivity index (χ0) is 17.7. The van der Waals surface area contributed by atoms with E-state index in [1.54, 1.807) is 13.8 Å². The Morgan fingerprint density at radius 3 is 2.25 bits per heavy atom. The molecule has 2 aromatic carbocycles. The van der Waals surface area contributed by atoms with Gasteiger partial charge in [0.05, 0.1) is 17.1 Å². The molecule has 0 bridgehead atoms. The monoisotopic (exact) mass is 411 g/mol. The lowest BCUT2D eigenvalue weighted by atomic mass is 10.1. The number of rotatable bonds is 6. The first-order valence-electron chi connectivity index (χ1n) is 7.38. The number of ether oxygens (including phenoxy) is 1. The highest BCUT2D eigenvalue weighted by Crippen LogP contribution is 2.19. The maximum atomic E-state index is 12.5. The zero-order valence-electron chi connectivity index (χ0n) is 13.3. The number of hydrogen-bond donors (Lipinski definition) is 1. The van der Waals surface area contributed by atoms with Crippen molar-refractivity contribution in [2.24, 2.45) is 0 Å². The van der Waals surface area contributed by atoms with Crippen LogP contribution in [-0.2, 0) is 14.8 Å². The first-order valence-corrected chi connectivity index (χ1v) is 9.66. The van der Waals surface area contributed by atoms with Gasteiger partial charge in [-0.2, -0.15) is 0 Å². The summed E-state index contributed by atoms with van der Waals surface area (Å²) in [6.07, 6.45) is 0. The van der Waals surface area contributed by atoms with E-state index in [1.807, 2.05) is 24.3 Å². The second-order valence-corrected chi connectivity index (χ2v) is 7.77. The highest BCUT2D eigenvalue weighted by Gasteiger charge is 2.19. The lowest BCUT2D eigenvalue weighted by Crippen LogP contribution is -2.26. The number of sulfonamides is 1. The Labute approximate surface area is 150 Å². The number of hydrogen-bond acceptors (Lipinski definition) is 4. The van der Waals surface area contributed by atoms with Gasteiger partial charge in [-0.05, 0) is 55.8 Å². The molecule has 0 saturated carbocycles. The van der Waals surface area contributed by atoms with Gasteiger partial charge in [0, 0.05) is 10.5 Å². The molecule has 0 fully saturated rings. The standard InChI is InChI=1S/C17H18BrNO4S/c1-3-23-17(20)14-6-10-16(11-7-14)24(21,22)19-12(2)13-4-8-15(18)9-5-13/h4-12,19H,3H2,1-2H3/t12-/m1/s1. The number of halogens is 1. The van der Waals surface area contributed by atoms with Crippen molar-refractivity contribution in [3.63, 3.8) is 0 Å². The fourth-order valence-corrected chi connectivity index (χ4v) is 3.60. The van der Waals surface area contributed by atoms with E-state index in [0.717, 1.165) is 10.0 Å². The Hall–Kier alpha value is -1.70. The first kappa shape index (κ1) is 18.6. The van der Waals surface area contributed by atoms with Crippen molar-refractivity contribution in [3.8, 4) is 0 Å². The SMILES string of the molecule is CCOC(=O)c1ccc(S(=O)(=O)N[C@H](C)c2ccc(Br)cc2)cc1. The quantitative estimate of drug-likeness (QED) is 0.735. The molecule has 128 valence electrons. The number of carbonyl (C=O) groups is 1. The van der Waals surface area contributed by atoms with Gasteiger partial charge in [0.15, 0.2) is 0 Å². The Bertz CT molecular complexity index is 801. The summed E-state index contributed by atoms with van der Waals surface area (Å²) in [5.74, 6) is -0.474. The Balaban J connectivity index is 2.15. The van der Waals surface area contributed by atoms with Crippen molar-refractivity contribution < 1.29 is 17.9 Å². The predicted octanol–water partition coefficient (Wildman–Crippen LogP) is 3.67. The number of benzene rings is 2. The molecule has 1 N–H and O–H groups in total. The number of nitrogens with one attached hydrogen (secondary N) is 1. The number of carbonyl (C=O) groups excluding carboxylic acids is 1. The Morgan fingerprint density at radius 2 is 1.71 bits per heavy atom. The van der Waals surface area contributed by atoms with Gasteiger partial charge in [-0.1, -0.05) is 28.1 Å². The van der Waals surface area contributed by atoms with Crippen LogP contribution in [0.15, 0.2) is 57.9 Å². The molecule has 0 unspecified atom stereocenters. The van der Waals surface area contributed by atoms with Gasteiger partial charge < -0.3 is 4.74 Å². The lowest BCUT2D eigenvalue weighted by molar-refractivity contribution is 0.0526. The molecule has 0 aliphatic rings. The average molecular weight is 412 g/mol. The van der Waals surface area contributed by atoms with Crippen LogP contribution in [0.3, 0.4) is 0 Å². The zero-order valence-corrected chi connectivity index (χ0v) is 15.7. The average Bonchev–Trinajstić information content (AvgIpc) is 2.55. The van der Waals surface area contributed by atoms with Crippen LogP contribution in [0.5, 0.6) is 0 Å². The molecule has 0 saturated heterocycles. The van der Waals surface area contributed by atoms with Crippen molar-refractivity contribution in [2.45, 2.75) is 24.8 Å². The van der Waals surface area contributed by atoms with Crippen molar-refractivity contribution in [2.75, 3.05) is 6.61 Å². The van der Waals surface area contributed by atoms with Crippen molar-refractivity contribution in [3.05, 3.63) is 64.1 Å². The molecule has 2 aromatic rings. The molecule has 1 atom stereocenters. The molecule has 0 aliphatic heterocycles. The van der Waals surface area contributed by atoms with Crippen molar-refractivity contribution in [1.82, 2.24) is 4.72 Å². The molecule has 0 radical (unpaired) electrons. The molecule has 0 amide bonds. The summed E-state index contributed by atoms with van der Waals surface area (Å²) in [4.78, 5) is 11.7. The molecule has 2 rings (SSSR count). The summed E-state index contributed by atoms with van der Waals surface area (Å²) in [7, 11) is -3.69. The highest BCUT2D eigenvalue weighted by atomic mass is 79.9. The van der Waals surface area contributed by atoms with Crippen LogP contribution in [0.25, 0.3) is 0 Å². The van der Waals surface area contributed by atoms with Crippen molar-refractivity contribution >= 4 is 31.9 Å². The molecule has 0 aliphatic carbocycles. The summed E-state index contributed by atoms with van der Waals surface area (Å²) in [5, 5.41) is 0. The van der Waals surface area contributed by atoms with E-state index < -0.39 is 16.0 Å². The molecule has 5 nitrogen and oxygen atoms in total. The fourth-order valence-electron chi connectivity index (χ4n) is 2.10. The summed E-state index contributed by atoms with van der Waals surface area (Å²) >= 11 is 3.35. The van der Waals surface area contributed by atoms with Gasteiger partial charge in [0.1, 0.15) is 0 Å². The van der Waals surface area contributed by atoms with Gasteiger partial charge in [0.25, 0.3) is 0 Å². The minimum Gasteiger partial charge on any atom is -0.462 e. The van der Waals surface area contributed by atoms with E-state index in [0.29, 0.717) is 5.56 Å². The van der Waals surface area contributed by atoms with Crippen molar-refractivity contribution in [1.29, 1.82) is 0 Å². The predicted molar refractivity (Wildman–Crippen MR) is 95.3 cm³/mol. The Morgan fingerprint density at radius 1 is 1.12 bits per heavy atom. The van der Waals surface area contributed by atoms with Crippen LogP contribution in [0.4, 0.5) is 0 Å². The van der Waals surface area contributed by atoms with Gasteiger partial charge in [-0.25, -0.2) is 17.9 Å². The fraction of sp³-hybridized carbons (Fsp3) is 0.235. The number of esters is 1. The smallest absolute Gasteiger partial charge is 0.338 e. The third-order valence-electron chi connectivity index (χ3n) is 3.38. The second kappa shape index (κ2) is 7.92. The highest BCUT2D eigenvalue weighted by molar-refractivity contribution is 9.10. The minimum atomic E-state index is -3.69. The maximum absolute atomic E-state index is 12.5. The topological polar surface area (TPSA) is 72.5 Å². The van der Waals surface area contributed by atoms with Gasteiger partial charge in [-0.3, -0.25) is 0 Å². The van der Waals surface area contributed by atoms with Gasteiger partial charge in [0.2, 0.25) is 10.0 Å². The summed E-state index contributed by atoms with van der Waals surface area (Å²) < 4.78 is 33.3. The molecular weight excluding hydrogens is 394 g/mol. The minimum absolute atomic E-state index is 0.0968. The lowest BCUT2D eigenvalue weighted by Gasteiger charge is -2.15. The molecule has 7 heteroatoms. The maximum Gasteiger partial charge on any atom is 0.338 e. The van der Waals surface area contributed by atoms with Crippen LogP contribution in [0.1, 0.15) is 35.8 Å². The Kier molecular flexibility index (Phi) is 6.15. The van der Waals surface area contributed by atoms with Crippen LogP contribution in [-0.4, -0.2) is 21.0 Å². The second-order valence-electron chi connectivity index (χ2n) is 5.14. The normalized spacial score (nSPS) is 12.6. The van der Waals surface area contributed by atoms with Crippen LogP contribution in [0, 0.1) is 0 Å². The van der Waals surface area contributed by atoms with E-state index in [1.165, 1.54) is 24.3 Å². The van der Waals surface area contributed by atoms with E-state index in [2.05, 4.69) is 20.7 Å². The first-order chi connectivity index (χ1) is 11.3. The molecule has 0 spiro atoms. The van der Waals surface area contributed by atoms with Crippen LogP contribution < -0.4 is 4.72 Å². The molecule has 0 aromatic heterocycles. The van der Waals surface area contributed by atoms with E-state index in [-0.39, 0.29) is 17.5 Å². The molecule has 24 heavy (non-hydrogen) atoms. The van der Waals surface area contributed by atoms with E-state index in [4.69, 9.17) is 4.74 Å². The van der Waals surface area contributed by atoms with Gasteiger partial charge >= 0.3 is 5.97 Å². The van der Waals surface area contributed by atoms with E-state index in [9.17, 15) is 13.2 Å². The van der Waals surface area contributed by atoms with E-state index >= 15 is 0 Å². The third kappa shape index (κ3) is 4.66.